The van der Waals surface area contributed by atoms with Gasteiger partial charge in [0, 0.05) is 35.9 Å². The molecule has 1 fully saturated rings. The van der Waals surface area contributed by atoms with Gasteiger partial charge in [0.1, 0.15) is 17.3 Å². The van der Waals surface area contributed by atoms with Crippen molar-refractivity contribution < 1.29 is 26.9 Å². The van der Waals surface area contributed by atoms with E-state index in [0.29, 0.717) is 41.2 Å². The van der Waals surface area contributed by atoms with Gasteiger partial charge in [-0.1, -0.05) is 11.2 Å². The average molecular weight is 550 g/mol. The van der Waals surface area contributed by atoms with Crippen LogP contribution in [0.5, 0.6) is 0 Å². The zero-order valence-electron chi connectivity index (χ0n) is 21.5. The summed E-state index contributed by atoms with van der Waals surface area (Å²) in [5, 5.41) is 4.01. The number of carbonyl (C=O) groups excluding carboxylic acids is 1. The van der Waals surface area contributed by atoms with E-state index in [9.17, 15) is 22.4 Å². The van der Waals surface area contributed by atoms with Crippen molar-refractivity contribution in [3.05, 3.63) is 89.1 Å². The Hall–Kier alpha value is -4.67. The Labute approximate surface area is 225 Å². The second kappa shape index (κ2) is 9.51. The molecule has 7 nitrogen and oxygen atoms in total. The molecule has 6 rings (SSSR count). The molecule has 11 heteroatoms. The first-order chi connectivity index (χ1) is 19.1. The maximum atomic E-state index is 14.7. The maximum absolute atomic E-state index is 14.7. The molecule has 3 aromatic carbocycles. The van der Waals surface area contributed by atoms with E-state index in [0.717, 1.165) is 35.4 Å². The van der Waals surface area contributed by atoms with E-state index in [1.54, 1.807) is 23.6 Å². The summed E-state index contributed by atoms with van der Waals surface area (Å²) in [7, 11) is 0. The minimum Gasteiger partial charge on any atom is -0.394 e. The first-order valence-corrected chi connectivity index (χ1v) is 12.6. The van der Waals surface area contributed by atoms with Gasteiger partial charge in [-0.25, -0.2) is 22.5 Å². The van der Waals surface area contributed by atoms with Crippen molar-refractivity contribution in [2.24, 2.45) is 0 Å². The molecule has 1 saturated heterocycles. The molecular formula is C29H23F4N5O2. The van der Waals surface area contributed by atoms with E-state index < -0.39 is 35.0 Å². The van der Waals surface area contributed by atoms with Crippen molar-refractivity contribution in [2.45, 2.75) is 39.2 Å². The fraction of sp³-hybridized carbons (Fsp3) is 0.207. The van der Waals surface area contributed by atoms with Crippen LogP contribution < -0.4 is 10.6 Å². The van der Waals surface area contributed by atoms with Crippen LogP contribution in [0.3, 0.4) is 0 Å². The van der Waals surface area contributed by atoms with Crippen molar-refractivity contribution in [1.29, 1.82) is 0 Å². The van der Waals surface area contributed by atoms with Gasteiger partial charge in [0.05, 0.1) is 28.5 Å². The highest BCUT2D eigenvalue weighted by Crippen LogP contribution is 2.40. The maximum Gasteiger partial charge on any atom is 0.227 e. The number of halogens is 4. The third-order valence-electron chi connectivity index (χ3n) is 7.25. The molecule has 2 aromatic heterocycles. The van der Waals surface area contributed by atoms with Crippen molar-refractivity contribution in [2.75, 3.05) is 10.6 Å². The number of nitrogens with two attached hydrogens (primary N) is 1. The number of nitrogens with zero attached hydrogens (tertiary/aromatic N) is 4. The molecule has 1 atom stereocenters. The van der Waals surface area contributed by atoms with Crippen LogP contribution in [0, 0.1) is 37.1 Å². The van der Waals surface area contributed by atoms with Crippen LogP contribution in [-0.4, -0.2) is 20.6 Å². The Morgan fingerprint density at radius 1 is 0.925 bits per heavy atom. The third kappa shape index (κ3) is 4.09. The van der Waals surface area contributed by atoms with E-state index in [1.165, 1.54) is 11.0 Å². The van der Waals surface area contributed by atoms with Crippen molar-refractivity contribution >= 4 is 28.3 Å². The van der Waals surface area contributed by atoms with E-state index in [4.69, 9.17) is 15.2 Å². The number of aryl methyl sites for hydroxylation is 2. The summed E-state index contributed by atoms with van der Waals surface area (Å²) in [6, 6.07) is 10.0. The number of piperidine rings is 1. The Balaban J connectivity index is 1.60. The van der Waals surface area contributed by atoms with E-state index in [2.05, 4.69) is 5.16 Å². The van der Waals surface area contributed by atoms with E-state index in [1.807, 2.05) is 13.0 Å². The summed E-state index contributed by atoms with van der Waals surface area (Å²) in [6.45, 7) is 3.60. The minimum absolute atomic E-state index is 0.107. The van der Waals surface area contributed by atoms with Crippen LogP contribution in [0.4, 0.5) is 28.9 Å². The van der Waals surface area contributed by atoms with Gasteiger partial charge in [0.25, 0.3) is 0 Å². The van der Waals surface area contributed by atoms with E-state index >= 15 is 0 Å². The SMILES string of the molecule is Cc1noc(C)c1-c1ccc2c(c1)nc([C@@H]1CCCC(=O)N1c1ccc(F)c(F)c1)n2-c1cc(F)c(N)c(F)c1. The van der Waals surface area contributed by atoms with Gasteiger partial charge < -0.3 is 15.2 Å². The Morgan fingerprint density at radius 2 is 1.65 bits per heavy atom. The molecule has 204 valence electrons. The quantitative estimate of drug-likeness (QED) is 0.199. The van der Waals surface area contributed by atoms with Gasteiger partial charge in [-0.05, 0) is 56.5 Å². The lowest BCUT2D eigenvalue weighted by Gasteiger charge is -2.35. The standard InChI is InChI=1S/C29H23F4N5O2/c1-14-27(15(2)40-36-14)16-6-9-24-23(10-16)35-29(38(24)18-12-21(32)28(34)22(33)13-18)25-4-3-5-26(39)37(25)17-7-8-19(30)20(31)11-17/h6-13,25H,3-5,34H2,1-2H3/t25-/m0/s1. The molecule has 1 aliphatic rings. The molecule has 1 aliphatic heterocycles. The largest absolute Gasteiger partial charge is 0.394 e. The Bertz CT molecular complexity index is 1770. The molecule has 40 heavy (non-hydrogen) atoms. The number of amides is 1. The number of hydrogen-bond donors (Lipinski definition) is 1. The average Bonchev–Trinajstić information content (AvgIpc) is 3.47. The monoisotopic (exact) mass is 549 g/mol. The minimum atomic E-state index is -1.10. The molecule has 0 saturated carbocycles. The number of carbonyl (C=O) groups is 1. The summed E-state index contributed by atoms with van der Waals surface area (Å²) in [5.41, 5.74) is 8.41. The number of nitrogen functional groups attached to an aromatic ring is 1. The number of fused-ring (bicyclic) bond motifs is 1. The van der Waals surface area contributed by atoms with Gasteiger partial charge in [0.15, 0.2) is 23.3 Å². The number of aromatic nitrogens is 3. The highest BCUT2D eigenvalue weighted by molar-refractivity contribution is 5.95. The van der Waals surface area contributed by atoms with Gasteiger partial charge in [-0.15, -0.1) is 0 Å². The summed E-state index contributed by atoms with van der Waals surface area (Å²) in [4.78, 5) is 19.4. The Kier molecular flexibility index (Phi) is 6.09. The fourth-order valence-electron chi connectivity index (χ4n) is 5.42. The molecule has 5 aromatic rings. The summed E-state index contributed by atoms with van der Waals surface area (Å²) in [5.74, 6) is -3.45. The zero-order valence-corrected chi connectivity index (χ0v) is 21.5. The third-order valence-corrected chi connectivity index (χ3v) is 7.25. The highest BCUT2D eigenvalue weighted by atomic mass is 19.2. The molecule has 2 N–H and O–H groups in total. The molecule has 0 aliphatic carbocycles. The van der Waals surface area contributed by atoms with Crippen molar-refractivity contribution in [3.8, 4) is 16.8 Å². The first kappa shape index (κ1) is 25.6. The molecular weight excluding hydrogens is 526 g/mol. The molecule has 3 heterocycles. The predicted octanol–water partition coefficient (Wildman–Crippen LogP) is 6.69. The molecule has 1 amide bonds. The normalized spacial score (nSPS) is 15.8. The van der Waals surface area contributed by atoms with Crippen LogP contribution in [0.2, 0.25) is 0 Å². The number of rotatable bonds is 4. The second-order valence-electron chi connectivity index (χ2n) is 9.80. The second-order valence-corrected chi connectivity index (χ2v) is 9.80. The molecule has 0 bridgehead atoms. The van der Waals surface area contributed by atoms with Gasteiger partial charge in [-0.2, -0.15) is 0 Å². The summed E-state index contributed by atoms with van der Waals surface area (Å²) in [6.07, 6.45) is 1.11. The highest BCUT2D eigenvalue weighted by Gasteiger charge is 2.35. The molecule has 0 unspecified atom stereocenters. The lowest BCUT2D eigenvalue weighted by molar-refractivity contribution is -0.120. The van der Waals surface area contributed by atoms with Gasteiger partial charge >= 0.3 is 0 Å². The lowest BCUT2D eigenvalue weighted by atomic mass is 9.99. The first-order valence-electron chi connectivity index (χ1n) is 12.6. The zero-order chi connectivity index (χ0) is 28.3. The van der Waals surface area contributed by atoms with Crippen LogP contribution in [0.15, 0.2) is 53.1 Å². The fourth-order valence-corrected chi connectivity index (χ4v) is 5.42. The number of anilines is 2. The smallest absolute Gasteiger partial charge is 0.227 e. The predicted molar refractivity (Wildman–Crippen MR) is 141 cm³/mol. The van der Waals surface area contributed by atoms with Crippen molar-refractivity contribution in [1.82, 2.24) is 14.7 Å². The van der Waals surface area contributed by atoms with Crippen molar-refractivity contribution in [3.63, 3.8) is 0 Å². The van der Waals surface area contributed by atoms with Gasteiger partial charge in [0.2, 0.25) is 5.91 Å². The van der Waals surface area contributed by atoms with E-state index in [-0.39, 0.29) is 23.7 Å². The lowest BCUT2D eigenvalue weighted by Crippen LogP contribution is -2.39. The van der Waals surface area contributed by atoms with Crippen LogP contribution >= 0.6 is 0 Å². The van der Waals surface area contributed by atoms with Gasteiger partial charge in [-0.3, -0.25) is 9.36 Å². The van der Waals surface area contributed by atoms with Crippen LogP contribution in [-0.2, 0) is 4.79 Å². The molecule has 0 spiro atoms. The summed E-state index contributed by atoms with van der Waals surface area (Å²) >= 11 is 0. The Morgan fingerprint density at radius 3 is 2.33 bits per heavy atom. The van der Waals surface area contributed by atoms with Crippen LogP contribution in [0.25, 0.3) is 27.8 Å². The number of benzene rings is 3. The van der Waals surface area contributed by atoms with Crippen LogP contribution in [0.1, 0.15) is 42.6 Å². The number of hydrogen-bond acceptors (Lipinski definition) is 5. The molecule has 0 radical (unpaired) electrons. The number of imidazole rings is 1. The topological polar surface area (TPSA) is 90.2 Å². The summed E-state index contributed by atoms with van der Waals surface area (Å²) < 4.78 is 64.2.